The Bertz CT molecular complexity index is 677. The average molecular weight is 344 g/mol. The lowest BCUT2D eigenvalue weighted by Crippen LogP contribution is -2.29. The molecule has 0 saturated carbocycles. The number of hydrogen-bond donors (Lipinski definition) is 4. The van der Waals surface area contributed by atoms with Gasteiger partial charge in [0.2, 0.25) is 0 Å². The van der Waals surface area contributed by atoms with Crippen molar-refractivity contribution in [3.63, 3.8) is 0 Å². The van der Waals surface area contributed by atoms with Gasteiger partial charge in [-0.3, -0.25) is 15.0 Å². The van der Waals surface area contributed by atoms with Gasteiger partial charge in [0, 0.05) is 6.08 Å². The Morgan fingerprint density at radius 1 is 1.24 bits per heavy atom. The van der Waals surface area contributed by atoms with Crippen molar-refractivity contribution in [2.75, 3.05) is 18.5 Å². The van der Waals surface area contributed by atoms with Gasteiger partial charge in [-0.1, -0.05) is 30.3 Å². The van der Waals surface area contributed by atoms with Gasteiger partial charge < -0.3 is 15.2 Å². The highest BCUT2D eigenvalue weighted by Crippen LogP contribution is 2.06. The van der Waals surface area contributed by atoms with E-state index in [2.05, 4.69) is 15.3 Å². The SMILES string of the molecule is O=C(/C=C/c1cnc(N[C@H](CO)COCc2ccccc2)cn1)NO. The molecular formula is C17H20N4O4. The summed E-state index contributed by atoms with van der Waals surface area (Å²) in [5.41, 5.74) is 2.99. The first kappa shape index (κ1) is 18.5. The van der Waals surface area contributed by atoms with Crippen LogP contribution in [0.5, 0.6) is 0 Å². The largest absolute Gasteiger partial charge is 0.394 e. The number of aliphatic hydroxyl groups excluding tert-OH is 1. The number of hydrogen-bond acceptors (Lipinski definition) is 7. The predicted molar refractivity (Wildman–Crippen MR) is 91.6 cm³/mol. The number of nitrogens with zero attached hydrogens (tertiary/aromatic N) is 2. The van der Waals surface area contributed by atoms with Crippen molar-refractivity contribution in [2.24, 2.45) is 0 Å². The predicted octanol–water partition coefficient (Wildman–Crippen LogP) is 0.985. The van der Waals surface area contributed by atoms with Crippen LogP contribution in [0.3, 0.4) is 0 Å². The van der Waals surface area contributed by atoms with Crippen molar-refractivity contribution in [1.29, 1.82) is 0 Å². The standard InChI is InChI=1S/C17H20N4O4/c22-10-15(12-25-11-13-4-2-1-3-5-13)20-16-9-18-14(8-19-16)6-7-17(23)21-24/h1-9,15,22,24H,10-12H2,(H,19,20)(H,21,23)/b7-6+/t15-/m1/s1. The van der Waals surface area contributed by atoms with Gasteiger partial charge in [0.15, 0.2) is 0 Å². The second-order valence-electron chi connectivity index (χ2n) is 5.16. The van der Waals surface area contributed by atoms with Crippen LogP contribution in [0.2, 0.25) is 0 Å². The molecule has 1 aromatic carbocycles. The van der Waals surface area contributed by atoms with Crippen LogP contribution in [0.15, 0.2) is 48.8 Å². The summed E-state index contributed by atoms with van der Waals surface area (Å²) in [5, 5.41) is 20.9. The van der Waals surface area contributed by atoms with E-state index >= 15 is 0 Å². The Kier molecular flexibility index (Phi) is 7.51. The summed E-state index contributed by atoms with van der Waals surface area (Å²) in [6.45, 7) is 0.654. The fourth-order valence-corrected chi connectivity index (χ4v) is 1.94. The van der Waals surface area contributed by atoms with Gasteiger partial charge >= 0.3 is 0 Å². The van der Waals surface area contributed by atoms with Gasteiger partial charge in [0.05, 0.1) is 44.0 Å². The zero-order valence-electron chi connectivity index (χ0n) is 13.5. The Hall–Kier alpha value is -2.81. The summed E-state index contributed by atoms with van der Waals surface area (Å²) < 4.78 is 5.60. The van der Waals surface area contributed by atoms with Gasteiger partial charge in [0.1, 0.15) is 5.82 Å². The number of carbonyl (C=O) groups is 1. The third-order valence-corrected chi connectivity index (χ3v) is 3.19. The molecule has 8 nitrogen and oxygen atoms in total. The lowest BCUT2D eigenvalue weighted by Gasteiger charge is -2.17. The van der Waals surface area contributed by atoms with Crippen LogP contribution in [0.4, 0.5) is 5.82 Å². The number of carbonyl (C=O) groups excluding carboxylic acids is 1. The monoisotopic (exact) mass is 344 g/mol. The minimum absolute atomic E-state index is 0.116. The van der Waals surface area contributed by atoms with Crippen LogP contribution < -0.4 is 10.8 Å². The summed E-state index contributed by atoms with van der Waals surface area (Å²) >= 11 is 0. The maximum absolute atomic E-state index is 10.9. The molecule has 1 amide bonds. The fraction of sp³-hybridized carbons (Fsp3) is 0.235. The molecule has 1 aromatic heterocycles. The van der Waals surface area contributed by atoms with E-state index in [9.17, 15) is 9.90 Å². The lowest BCUT2D eigenvalue weighted by atomic mass is 10.2. The highest BCUT2D eigenvalue weighted by molar-refractivity contribution is 5.90. The van der Waals surface area contributed by atoms with Crippen molar-refractivity contribution >= 4 is 17.8 Å². The number of benzene rings is 1. The van der Waals surface area contributed by atoms with E-state index in [1.165, 1.54) is 23.9 Å². The number of anilines is 1. The smallest absolute Gasteiger partial charge is 0.267 e. The molecule has 8 heteroatoms. The number of hydroxylamine groups is 1. The molecule has 0 aliphatic rings. The molecule has 25 heavy (non-hydrogen) atoms. The quantitative estimate of drug-likeness (QED) is 0.304. The second-order valence-corrected chi connectivity index (χ2v) is 5.16. The summed E-state index contributed by atoms with van der Waals surface area (Å²) in [6.07, 6.45) is 5.49. The van der Waals surface area contributed by atoms with Crippen molar-refractivity contribution in [2.45, 2.75) is 12.6 Å². The number of ether oxygens (including phenoxy) is 1. The molecule has 0 radical (unpaired) electrons. The molecule has 0 fully saturated rings. The number of aliphatic hydroxyl groups is 1. The van der Waals surface area contributed by atoms with Crippen molar-refractivity contribution in [1.82, 2.24) is 15.4 Å². The zero-order chi connectivity index (χ0) is 17.9. The van der Waals surface area contributed by atoms with Gasteiger partial charge in [-0.2, -0.15) is 0 Å². The van der Waals surface area contributed by atoms with Crippen LogP contribution in [-0.4, -0.2) is 45.4 Å². The normalized spacial score (nSPS) is 12.1. The van der Waals surface area contributed by atoms with E-state index in [0.717, 1.165) is 11.6 Å². The summed E-state index contributed by atoms with van der Waals surface area (Å²) in [4.78, 5) is 19.1. The molecule has 0 saturated heterocycles. The molecule has 0 unspecified atom stereocenters. The minimum Gasteiger partial charge on any atom is -0.394 e. The molecule has 2 rings (SSSR count). The first-order valence-corrected chi connectivity index (χ1v) is 7.64. The average Bonchev–Trinajstić information content (AvgIpc) is 2.67. The first-order valence-electron chi connectivity index (χ1n) is 7.64. The van der Waals surface area contributed by atoms with Crippen LogP contribution >= 0.6 is 0 Å². The molecule has 0 bridgehead atoms. The fourth-order valence-electron chi connectivity index (χ4n) is 1.94. The molecule has 1 heterocycles. The van der Waals surface area contributed by atoms with Gasteiger partial charge in [-0.25, -0.2) is 10.5 Å². The van der Waals surface area contributed by atoms with Crippen molar-refractivity contribution in [3.05, 3.63) is 60.1 Å². The molecule has 1 atom stereocenters. The summed E-state index contributed by atoms with van der Waals surface area (Å²) in [5.74, 6) is -0.175. The molecule has 0 aliphatic carbocycles. The van der Waals surface area contributed by atoms with Gasteiger partial charge in [0.25, 0.3) is 5.91 Å². The molecule has 0 aliphatic heterocycles. The first-order chi connectivity index (χ1) is 12.2. The van der Waals surface area contributed by atoms with E-state index < -0.39 is 5.91 Å². The van der Waals surface area contributed by atoms with E-state index in [0.29, 0.717) is 24.7 Å². The highest BCUT2D eigenvalue weighted by Gasteiger charge is 2.08. The van der Waals surface area contributed by atoms with E-state index in [-0.39, 0.29) is 12.6 Å². The van der Waals surface area contributed by atoms with Crippen LogP contribution in [0, 0.1) is 0 Å². The van der Waals surface area contributed by atoms with Gasteiger partial charge in [-0.05, 0) is 11.6 Å². The maximum atomic E-state index is 10.9. The molecule has 4 N–H and O–H groups in total. The topological polar surface area (TPSA) is 117 Å². The second kappa shape index (κ2) is 10.1. The Morgan fingerprint density at radius 3 is 2.68 bits per heavy atom. The van der Waals surface area contributed by atoms with Crippen molar-refractivity contribution in [3.8, 4) is 0 Å². The summed E-state index contributed by atoms with van der Waals surface area (Å²) in [7, 11) is 0. The Balaban J connectivity index is 1.82. The van der Waals surface area contributed by atoms with Crippen molar-refractivity contribution < 1.29 is 19.8 Å². The van der Waals surface area contributed by atoms with Crippen LogP contribution in [0.1, 0.15) is 11.3 Å². The molecular weight excluding hydrogens is 324 g/mol. The minimum atomic E-state index is -0.653. The number of rotatable bonds is 9. The van der Waals surface area contributed by atoms with Crippen LogP contribution in [0.25, 0.3) is 6.08 Å². The van der Waals surface area contributed by atoms with Gasteiger partial charge in [-0.15, -0.1) is 0 Å². The third kappa shape index (κ3) is 6.68. The molecule has 2 aromatic rings. The van der Waals surface area contributed by atoms with E-state index in [1.807, 2.05) is 30.3 Å². The molecule has 0 spiro atoms. The third-order valence-electron chi connectivity index (χ3n) is 3.19. The Morgan fingerprint density at radius 2 is 2.04 bits per heavy atom. The summed E-state index contributed by atoms with van der Waals surface area (Å²) in [6, 6.07) is 9.44. The maximum Gasteiger partial charge on any atom is 0.267 e. The number of aromatic nitrogens is 2. The lowest BCUT2D eigenvalue weighted by molar-refractivity contribution is -0.124. The Labute approximate surface area is 145 Å². The number of amides is 1. The zero-order valence-corrected chi connectivity index (χ0v) is 13.5. The number of nitrogens with one attached hydrogen (secondary N) is 2. The highest BCUT2D eigenvalue weighted by atomic mass is 16.5. The van der Waals surface area contributed by atoms with E-state index in [1.54, 1.807) is 0 Å². The molecule has 132 valence electrons. The van der Waals surface area contributed by atoms with E-state index in [4.69, 9.17) is 9.94 Å². The van der Waals surface area contributed by atoms with Crippen LogP contribution in [-0.2, 0) is 16.1 Å².